The van der Waals surface area contributed by atoms with E-state index in [0.29, 0.717) is 5.25 Å². The molecule has 0 aliphatic heterocycles. The van der Waals surface area contributed by atoms with Gasteiger partial charge in [0.25, 0.3) is 5.56 Å². The molecule has 1 fully saturated rings. The Morgan fingerprint density at radius 2 is 1.71 bits per heavy atom. The molecular weight excluding hydrogens is 400 g/mol. The van der Waals surface area contributed by atoms with Crippen LogP contribution < -0.4 is 5.56 Å². The first kappa shape index (κ1) is 20.6. The van der Waals surface area contributed by atoms with E-state index in [1.807, 2.05) is 16.7 Å². The number of nitrogens with zero attached hydrogens (tertiary/aromatic N) is 2. The molecule has 160 valence electrons. The summed E-state index contributed by atoms with van der Waals surface area (Å²) in [7, 11) is 0. The van der Waals surface area contributed by atoms with Gasteiger partial charge in [0.15, 0.2) is 5.16 Å². The molecule has 0 N–H and O–H groups in total. The number of benzene rings is 2. The summed E-state index contributed by atoms with van der Waals surface area (Å²) in [4.78, 5) is 19.6. The van der Waals surface area contributed by atoms with Gasteiger partial charge in [-0.1, -0.05) is 87.3 Å². The zero-order chi connectivity index (χ0) is 21.6. The molecule has 0 unspecified atom stereocenters. The molecule has 5 rings (SSSR count). The van der Waals surface area contributed by atoms with E-state index in [4.69, 9.17) is 4.98 Å². The Morgan fingerprint density at radius 3 is 2.45 bits per heavy atom. The van der Waals surface area contributed by atoms with Crippen molar-refractivity contribution in [3.05, 3.63) is 75.6 Å². The normalized spacial score (nSPS) is 16.9. The Bertz CT molecular complexity index is 1190. The Labute approximate surface area is 188 Å². The molecule has 1 heterocycles. The fraction of sp³-hybridized carbons (Fsp3) is 0.407. The highest BCUT2D eigenvalue weighted by Crippen LogP contribution is 2.49. The maximum Gasteiger partial charge on any atom is 0.263 e. The van der Waals surface area contributed by atoms with Crippen molar-refractivity contribution in [3.8, 4) is 16.9 Å². The topological polar surface area (TPSA) is 34.9 Å². The summed E-state index contributed by atoms with van der Waals surface area (Å²) in [5.74, 6) is 0. The van der Waals surface area contributed by atoms with Gasteiger partial charge in [0, 0.05) is 16.2 Å². The van der Waals surface area contributed by atoms with Crippen molar-refractivity contribution in [2.75, 3.05) is 0 Å². The van der Waals surface area contributed by atoms with Crippen molar-refractivity contribution < 1.29 is 0 Å². The van der Waals surface area contributed by atoms with Gasteiger partial charge in [-0.25, -0.2) is 4.98 Å². The third-order valence-electron chi connectivity index (χ3n) is 6.89. The lowest BCUT2D eigenvalue weighted by Crippen LogP contribution is -2.43. The summed E-state index contributed by atoms with van der Waals surface area (Å²) in [5, 5.41) is 1.14. The SMILES string of the molecule is Cc1ccccc1-n1c(SC(C)C)nc2c(c1=O)C1(CCCCC1)Cc1ccccc1-2. The molecule has 3 nitrogen and oxygen atoms in total. The smallest absolute Gasteiger partial charge is 0.263 e. The Hall–Kier alpha value is -2.33. The van der Waals surface area contributed by atoms with Crippen molar-refractivity contribution >= 4 is 11.8 Å². The van der Waals surface area contributed by atoms with Crippen LogP contribution in [0.15, 0.2) is 58.5 Å². The Morgan fingerprint density at radius 1 is 1.00 bits per heavy atom. The molecule has 0 bridgehead atoms. The Balaban J connectivity index is 1.86. The van der Waals surface area contributed by atoms with Crippen LogP contribution in [0.2, 0.25) is 0 Å². The largest absolute Gasteiger partial charge is 0.268 e. The van der Waals surface area contributed by atoms with Gasteiger partial charge in [-0.15, -0.1) is 0 Å². The molecule has 2 aliphatic rings. The quantitative estimate of drug-likeness (QED) is 0.353. The number of para-hydroxylation sites is 1. The highest BCUT2D eigenvalue weighted by Gasteiger charge is 2.43. The molecule has 0 amide bonds. The van der Waals surface area contributed by atoms with Crippen LogP contribution in [0.3, 0.4) is 0 Å². The van der Waals surface area contributed by atoms with Crippen molar-refractivity contribution in [2.45, 2.75) is 75.1 Å². The van der Waals surface area contributed by atoms with Gasteiger partial charge in [0.1, 0.15) is 0 Å². The minimum atomic E-state index is -0.0858. The van der Waals surface area contributed by atoms with E-state index in [9.17, 15) is 4.79 Å². The van der Waals surface area contributed by atoms with Crippen LogP contribution >= 0.6 is 11.8 Å². The first-order chi connectivity index (χ1) is 15.0. The van der Waals surface area contributed by atoms with Crippen molar-refractivity contribution in [1.29, 1.82) is 0 Å². The minimum absolute atomic E-state index is 0.0858. The van der Waals surface area contributed by atoms with E-state index >= 15 is 0 Å². The number of thioether (sulfide) groups is 1. The van der Waals surface area contributed by atoms with E-state index < -0.39 is 0 Å². The zero-order valence-corrected chi connectivity index (χ0v) is 19.5. The summed E-state index contributed by atoms with van der Waals surface area (Å²) in [6, 6.07) is 16.8. The van der Waals surface area contributed by atoms with Crippen molar-refractivity contribution in [1.82, 2.24) is 9.55 Å². The second kappa shape index (κ2) is 7.98. The molecule has 3 aromatic rings. The lowest BCUT2D eigenvalue weighted by atomic mass is 9.62. The Kier molecular flexibility index (Phi) is 5.29. The molecular formula is C27H30N2OS. The number of hydrogen-bond donors (Lipinski definition) is 0. The van der Waals surface area contributed by atoms with Crippen molar-refractivity contribution in [3.63, 3.8) is 0 Å². The second-order valence-corrected chi connectivity index (χ2v) is 10.9. The van der Waals surface area contributed by atoms with Gasteiger partial charge in [-0.2, -0.15) is 0 Å². The fourth-order valence-corrected chi connectivity index (χ4v) is 6.36. The van der Waals surface area contributed by atoms with Crippen LogP contribution in [0.5, 0.6) is 0 Å². The highest BCUT2D eigenvalue weighted by atomic mass is 32.2. The van der Waals surface area contributed by atoms with Gasteiger partial charge >= 0.3 is 0 Å². The first-order valence-corrected chi connectivity index (χ1v) is 12.4. The van der Waals surface area contributed by atoms with Gasteiger partial charge < -0.3 is 0 Å². The fourth-order valence-electron chi connectivity index (χ4n) is 5.50. The van der Waals surface area contributed by atoms with Crippen LogP contribution in [0.1, 0.15) is 62.6 Å². The molecule has 2 aromatic carbocycles. The predicted molar refractivity (Wildman–Crippen MR) is 129 cm³/mol. The first-order valence-electron chi connectivity index (χ1n) is 11.5. The van der Waals surface area contributed by atoms with E-state index in [1.54, 1.807) is 11.8 Å². The molecule has 4 heteroatoms. The zero-order valence-electron chi connectivity index (χ0n) is 18.6. The number of fused-ring (bicyclic) bond motifs is 4. The maximum absolute atomic E-state index is 14.4. The van der Waals surface area contributed by atoms with E-state index in [1.165, 1.54) is 24.8 Å². The van der Waals surface area contributed by atoms with Crippen LogP contribution in [-0.4, -0.2) is 14.8 Å². The monoisotopic (exact) mass is 430 g/mol. The second-order valence-electron chi connectivity index (χ2n) is 9.39. The molecule has 31 heavy (non-hydrogen) atoms. The van der Waals surface area contributed by atoms with Gasteiger partial charge in [-0.3, -0.25) is 9.36 Å². The van der Waals surface area contributed by atoms with Gasteiger partial charge in [-0.05, 0) is 43.4 Å². The third kappa shape index (κ3) is 3.45. The van der Waals surface area contributed by atoms with Gasteiger partial charge in [0.2, 0.25) is 0 Å². The summed E-state index contributed by atoms with van der Waals surface area (Å²) >= 11 is 1.68. The van der Waals surface area contributed by atoms with Gasteiger partial charge in [0.05, 0.1) is 16.9 Å². The van der Waals surface area contributed by atoms with Crippen LogP contribution in [0.25, 0.3) is 16.9 Å². The third-order valence-corrected chi connectivity index (χ3v) is 7.85. The lowest BCUT2D eigenvalue weighted by molar-refractivity contribution is 0.283. The summed E-state index contributed by atoms with van der Waals surface area (Å²) in [5.41, 5.74) is 6.49. The average Bonchev–Trinajstić information content (AvgIpc) is 2.75. The van der Waals surface area contributed by atoms with E-state index in [0.717, 1.165) is 52.5 Å². The molecule has 1 aromatic heterocycles. The summed E-state index contributed by atoms with van der Waals surface area (Å²) < 4.78 is 1.91. The van der Waals surface area contributed by atoms with Crippen LogP contribution in [0, 0.1) is 6.92 Å². The number of aryl methyl sites for hydroxylation is 1. The number of hydrogen-bond acceptors (Lipinski definition) is 3. The predicted octanol–water partition coefficient (Wildman–Crippen LogP) is 6.47. The standard InChI is InChI=1S/C27H30N2OS/c1-18(2)31-26-28-24-21-13-7-6-12-20(21)17-27(15-9-4-10-16-27)23(24)25(30)29(26)22-14-8-5-11-19(22)3/h5-8,11-14,18H,4,9-10,15-17H2,1-3H3. The maximum atomic E-state index is 14.4. The number of aromatic nitrogens is 2. The molecule has 0 radical (unpaired) electrons. The highest BCUT2D eigenvalue weighted by molar-refractivity contribution is 7.99. The molecule has 0 atom stereocenters. The van der Waals surface area contributed by atoms with E-state index in [-0.39, 0.29) is 11.0 Å². The lowest BCUT2D eigenvalue weighted by Gasteiger charge is -2.42. The molecule has 0 saturated heterocycles. The minimum Gasteiger partial charge on any atom is -0.268 e. The molecule has 1 spiro atoms. The average molecular weight is 431 g/mol. The molecule has 1 saturated carbocycles. The van der Waals surface area contributed by atoms with Crippen LogP contribution in [0.4, 0.5) is 0 Å². The number of rotatable bonds is 3. The van der Waals surface area contributed by atoms with Crippen molar-refractivity contribution in [2.24, 2.45) is 0 Å². The van der Waals surface area contributed by atoms with E-state index in [2.05, 4.69) is 57.2 Å². The summed E-state index contributed by atoms with van der Waals surface area (Å²) in [6.45, 7) is 6.40. The molecule has 2 aliphatic carbocycles. The summed E-state index contributed by atoms with van der Waals surface area (Å²) in [6.07, 6.45) is 6.75. The van der Waals surface area contributed by atoms with Crippen LogP contribution in [-0.2, 0) is 11.8 Å².